The molecule has 1 fully saturated rings. The SMILES string of the molecule is O=C(NC[C@@H]1CCNC[C@H]1O)c1cc([N+](=O)[O-])cc2c1OCCO2. The van der Waals surface area contributed by atoms with Crippen LogP contribution in [0.15, 0.2) is 12.1 Å². The van der Waals surface area contributed by atoms with E-state index in [4.69, 9.17) is 9.47 Å². The minimum Gasteiger partial charge on any atom is -0.486 e. The molecule has 0 spiro atoms. The van der Waals surface area contributed by atoms with Crippen molar-refractivity contribution in [3.8, 4) is 11.5 Å². The van der Waals surface area contributed by atoms with Gasteiger partial charge in [0.2, 0.25) is 0 Å². The van der Waals surface area contributed by atoms with Gasteiger partial charge < -0.3 is 25.2 Å². The molecule has 0 unspecified atom stereocenters. The fourth-order valence-electron chi connectivity index (χ4n) is 2.87. The number of hydrogen-bond donors (Lipinski definition) is 3. The van der Waals surface area contributed by atoms with Crippen molar-refractivity contribution in [3.63, 3.8) is 0 Å². The Morgan fingerprint density at radius 2 is 2.21 bits per heavy atom. The summed E-state index contributed by atoms with van der Waals surface area (Å²) < 4.78 is 10.8. The summed E-state index contributed by atoms with van der Waals surface area (Å²) in [5, 5.41) is 26.8. The number of carbonyl (C=O) groups is 1. The van der Waals surface area contributed by atoms with Crippen LogP contribution >= 0.6 is 0 Å². The minimum absolute atomic E-state index is 0.0538. The highest BCUT2D eigenvalue weighted by atomic mass is 16.6. The first-order valence-electron chi connectivity index (χ1n) is 7.81. The van der Waals surface area contributed by atoms with Crippen LogP contribution in [0, 0.1) is 16.0 Å². The van der Waals surface area contributed by atoms with Crippen LogP contribution < -0.4 is 20.1 Å². The molecular weight excluding hydrogens is 318 g/mol. The number of piperidine rings is 1. The average Bonchev–Trinajstić information content (AvgIpc) is 2.59. The van der Waals surface area contributed by atoms with Gasteiger partial charge in [-0.1, -0.05) is 0 Å². The van der Waals surface area contributed by atoms with Gasteiger partial charge in [-0.15, -0.1) is 0 Å². The predicted octanol–water partition coefficient (Wildman–Crippen LogP) is 0.0662. The molecule has 3 rings (SSSR count). The van der Waals surface area contributed by atoms with E-state index in [9.17, 15) is 20.0 Å². The van der Waals surface area contributed by atoms with Crippen LogP contribution in [0.3, 0.4) is 0 Å². The van der Waals surface area contributed by atoms with Crippen LogP contribution in [-0.2, 0) is 0 Å². The standard InChI is InChI=1S/C15H19N3O6/c19-12-8-16-2-1-9(12)7-17-15(20)11-5-10(18(21)22)6-13-14(11)24-4-3-23-13/h5-6,9,12,16,19H,1-4,7-8H2,(H,17,20)/t9-,12+/m0/s1. The fourth-order valence-corrected chi connectivity index (χ4v) is 2.87. The van der Waals surface area contributed by atoms with E-state index in [-0.39, 0.29) is 41.9 Å². The van der Waals surface area contributed by atoms with Crippen molar-refractivity contribution in [1.29, 1.82) is 0 Å². The quantitative estimate of drug-likeness (QED) is 0.524. The summed E-state index contributed by atoms with van der Waals surface area (Å²) in [6.07, 6.45) is 0.214. The zero-order valence-electron chi connectivity index (χ0n) is 13.0. The molecule has 9 heteroatoms. The molecule has 2 heterocycles. The lowest BCUT2D eigenvalue weighted by atomic mass is 9.95. The number of hydrogen-bond acceptors (Lipinski definition) is 7. The van der Waals surface area contributed by atoms with Gasteiger partial charge in [0.15, 0.2) is 11.5 Å². The highest BCUT2D eigenvalue weighted by Crippen LogP contribution is 2.37. The largest absolute Gasteiger partial charge is 0.486 e. The lowest BCUT2D eigenvalue weighted by Crippen LogP contribution is -2.45. The molecule has 1 aromatic carbocycles. The van der Waals surface area contributed by atoms with Gasteiger partial charge in [-0.2, -0.15) is 0 Å². The number of β-amino-alcohol motifs (C(OH)–C–C–N with tert-alkyl or cyclic N) is 1. The van der Waals surface area contributed by atoms with Crippen molar-refractivity contribution >= 4 is 11.6 Å². The number of ether oxygens (including phenoxy) is 2. The number of aliphatic hydroxyl groups is 1. The van der Waals surface area contributed by atoms with Gasteiger partial charge in [0.1, 0.15) is 13.2 Å². The Morgan fingerprint density at radius 3 is 2.96 bits per heavy atom. The van der Waals surface area contributed by atoms with E-state index in [1.54, 1.807) is 0 Å². The maximum atomic E-state index is 12.5. The number of non-ortho nitro benzene ring substituents is 1. The zero-order chi connectivity index (χ0) is 17.1. The molecule has 1 amide bonds. The van der Waals surface area contributed by atoms with Gasteiger partial charge in [-0.3, -0.25) is 14.9 Å². The molecule has 0 bridgehead atoms. The average molecular weight is 337 g/mol. The van der Waals surface area contributed by atoms with Crippen LogP contribution in [0.2, 0.25) is 0 Å². The van der Waals surface area contributed by atoms with Gasteiger partial charge in [0.05, 0.1) is 22.7 Å². The maximum absolute atomic E-state index is 12.5. The van der Waals surface area contributed by atoms with Gasteiger partial charge >= 0.3 is 0 Å². The summed E-state index contributed by atoms with van der Waals surface area (Å²) in [7, 11) is 0. The molecule has 9 nitrogen and oxygen atoms in total. The number of rotatable bonds is 4. The molecule has 2 aliphatic heterocycles. The first-order valence-corrected chi connectivity index (χ1v) is 7.81. The Morgan fingerprint density at radius 1 is 1.42 bits per heavy atom. The number of benzene rings is 1. The van der Waals surface area contributed by atoms with Crippen molar-refractivity contribution in [3.05, 3.63) is 27.8 Å². The molecule has 0 radical (unpaired) electrons. The second kappa shape index (κ2) is 7.02. The van der Waals surface area contributed by atoms with E-state index in [2.05, 4.69) is 10.6 Å². The number of amides is 1. The number of carbonyl (C=O) groups excluding carboxylic acids is 1. The number of fused-ring (bicyclic) bond motifs is 1. The second-order valence-corrected chi connectivity index (χ2v) is 5.80. The minimum atomic E-state index is -0.578. The van der Waals surface area contributed by atoms with Gasteiger partial charge in [-0.05, 0) is 13.0 Å². The summed E-state index contributed by atoms with van der Waals surface area (Å²) in [5.74, 6) is -0.120. The van der Waals surface area contributed by atoms with E-state index < -0.39 is 16.9 Å². The lowest BCUT2D eigenvalue weighted by molar-refractivity contribution is -0.385. The van der Waals surface area contributed by atoms with E-state index in [0.29, 0.717) is 13.1 Å². The molecule has 2 aliphatic rings. The molecule has 0 aliphatic carbocycles. The third kappa shape index (κ3) is 3.41. The lowest BCUT2D eigenvalue weighted by Gasteiger charge is -2.28. The second-order valence-electron chi connectivity index (χ2n) is 5.80. The van der Waals surface area contributed by atoms with Crippen LogP contribution in [0.4, 0.5) is 5.69 Å². The Hall–Kier alpha value is -2.39. The third-order valence-corrected chi connectivity index (χ3v) is 4.20. The highest BCUT2D eigenvalue weighted by Gasteiger charge is 2.27. The first-order chi connectivity index (χ1) is 11.6. The number of nitro benzene ring substituents is 1. The zero-order valence-corrected chi connectivity index (χ0v) is 13.0. The molecule has 2 atom stereocenters. The molecule has 1 aromatic rings. The number of aliphatic hydroxyl groups excluding tert-OH is 1. The third-order valence-electron chi connectivity index (χ3n) is 4.20. The first kappa shape index (κ1) is 16.5. The molecule has 0 saturated carbocycles. The predicted molar refractivity (Wildman–Crippen MR) is 83.4 cm³/mol. The van der Waals surface area contributed by atoms with Crippen molar-refractivity contribution in [2.24, 2.45) is 5.92 Å². The molecule has 3 N–H and O–H groups in total. The molecular formula is C15H19N3O6. The molecule has 130 valence electrons. The summed E-state index contributed by atoms with van der Waals surface area (Å²) in [6, 6.07) is 2.43. The maximum Gasteiger partial charge on any atom is 0.274 e. The Kier molecular flexibility index (Phi) is 4.81. The number of nitrogens with zero attached hydrogens (tertiary/aromatic N) is 1. The van der Waals surface area contributed by atoms with Crippen LogP contribution in [0.25, 0.3) is 0 Å². The Labute approximate surface area is 138 Å². The normalized spacial score (nSPS) is 22.7. The smallest absolute Gasteiger partial charge is 0.274 e. The number of nitro groups is 1. The Bertz CT molecular complexity index is 650. The van der Waals surface area contributed by atoms with Crippen molar-refractivity contribution in [2.75, 3.05) is 32.8 Å². The van der Waals surface area contributed by atoms with Crippen LogP contribution in [0.1, 0.15) is 16.8 Å². The summed E-state index contributed by atoms with van der Waals surface area (Å²) in [6.45, 7) is 2.11. The van der Waals surface area contributed by atoms with Gasteiger partial charge in [0, 0.05) is 25.1 Å². The molecule has 0 aromatic heterocycles. The van der Waals surface area contributed by atoms with Gasteiger partial charge in [-0.25, -0.2) is 0 Å². The van der Waals surface area contributed by atoms with E-state index in [1.165, 1.54) is 12.1 Å². The van der Waals surface area contributed by atoms with Gasteiger partial charge in [0.25, 0.3) is 11.6 Å². The van der Waals surface area contributed by atoms with Crippen molar-refractivity contribution < 1.29 is 24.3 Å². The van der Waals surface area contributed by atoms with E-state index >= 15 is 0 Å². The summed E-state index contributed by atoms with van der Waals surface area (Å²) in [4.78, 5) is 22.9. The van der Waals surface area contributed by atoms with Crippen molar-refractivity contribution in [1.82, 2.24) is 10.6 Å². The molecule has 24 heavy (non-hydrogen) atoms. The molecule has 1 saturated heterocycles. The van der Waals surface area contributed by atoms with E-state index in [0.717, 1.165) is 13.0 Å². The van der Waals surface area contributed by atoms with E-state index in [1.807, 2.05) is 0 Å². The topological polar surface area (TPSA) is 123 Å². The monoisotopic (exact) mass is 337 g/mol. The summed E-state index contributed by atoms with van der Waals surface area (Å²) in [5.41, 5.74) is -0.159. The van der Waals surface area contributed by atoms with Crippen molar-refractivity contribution in [2.45, 2.75) is 12.5 Å². The fraction of sp³-hybridized carbons (Fsp3) is 0.533. The Balaban J connectivity index is 1.78. The van der Waals surface area contributed by atoms with Crippen LogP contribution in [0.5, 0.6) is 11.5 Å². The highest BCUT2D eigenvalue weighted by molar-refractivity contribution is 5.98. The van der Waals surface area contributed by atoms with Crippen LogP contribution in [-0.4, -0.2) is 54.9 Å². The number of nitrogens with one attached hydrogen (secondary N) is 2. The summed E-state index contributed by atoms with van der Waals surface area (Å²) >= 11 is 0.